The molecule has 1 aliphatic rings. The lowest BCUT2D eigenvalue weighted by atomic mass is 10.2. The van der Waals surface area contributed by atoms with Crippen LogP contribution >= 0.6 is 23.2 Å². The summed E-state index contributed by atoms with van der Waals surface area (Å²) in [6.45, 7) is 0.712. The Kier molecular flexibility index (Phi) is 4.58. The van der Waals surface area contributed by atoms with Gasteiger partial charge in [-0.05, 0) is 30.3 Å². The summed E-state index contributed by atoms with van der Waals surface area (Å²) in [5, 5.41) is 0.357. The van der Waals surface area contributed by atoms with E-state index in [0.29, 0.717) is 24.7 Å². The molecule has 0 aromatic heterocycles. The number of amides is 1. The van der Waals surface area contributed by atoms with Crippen LogP contribution in [-0.2, 0) is 10.0 Å². The molecule has 126 valence electrons. The van der Waals surface area contributed by atoms with E-state index in [1.165, 1.54) is 36.4 Å². The highest BCUT2D eigenvalue weighted by molar-refractivity contribution is 7.90. The largest absolute Gasteiger partial charge is 0.486 e. The Morgan fingerprint density at radius 1 is 1.00 bits per heavy atom. The zero-order valence-corrected chi connectivity index (χ0v) is 14.4. The first-order valence-corrected chi connectivity index (χ1v) is 9.02. The SMILES string of the molecule is O=C(NS(=O)(=O)c1ccc2c(c1)OCCO2)c1cc(Cl)ccc1Cl. The second-order valence-corrected chi connectivity index (χ2v) is 7.39. The van der Waals surface area contributed by atoms with Crippen molar-refractivity contribution in [3.8, 4) is 11.5 Å². The van der Waals surface area contributed by atoms with E-state index in [4.69, 9.17) is 32.7 Å². The summed E-state index contributed by atoms with van der Waals surface area (Å²) in [7, 11) is -4.11. The van der Waals surface area contributed by atoms with E-state index in [2.05, 4.69) is 0 Å². The number of halogens is 2. The van der Waals surface area contributed by atoms with Gasteiger partial charge < -0.3 is 9.47 Å². The van der Waals surface area contributed by atoms with Crippen LogP contribution in [0.15, 0.2) is 41.3 Å². The molecule has 0 saturated carbocycles. The van der Waals surface area contributed by atoms with Crippen molar-refractivity contribution < 1.29 is 22.7 Å². The van der Waals surface area contributed by atoms with Crippen LogP contribution in [0.5, 0.6) is 11.5 Å². The van der Waals surface area contributed by atoms with Gasteiger partial charge in [-0.25, -0.2) is 13.1 Å². The number of rotatable bonds is 3. The minimum absolute atomic E-state index is 0.0368. The molecule has 0 fully saturated rings. The van der Waals surface area contributed by atoms with Crippen LogP contribution in [0.3, 0.4) is 0 Å². The highest BCUT2D eigenvalue weighted by Gasteiger charge is 2.23. The number of nitrogens with one attached hydrogen (secondary N) is 1. The van der Waals surface area contributed by atoms with Gasteiger partial charge in [0.05, 0.1) is 15.5 Å². The summed E-state index contributed by atoms with van der Waals surface area (Å²) < 4.78 is 37.4. The van der Waals surface area contributed by atoms with Crippen LogP contribution in [0, 0.1) is 0 Å². The summed E-state index contributed by atoms with van der Waals surface area (Å²) in [5.41, 5.74) is -0.0368. The van der Waals surface area contributed by atoms with Gasteiger partial charge in [0.25, 0.3) is 15.9 Å². The Balaban J connectivity index is 1.88. The molecule has 0 atom stereocenters. The maximum atomic E-state index is 12.4. The van der Waals surface area contributed by atoms with Crippen molar-refractivity contribution in [2.24, 2.45) is 0 Å². The third-order valence-corrected chi connectivity index (χ3v) is 5.12. The van der Waals surface area contributed by atoms with E-state index in [1.807, 2.05) is 4.72 Å². The summed E-state index contributed by atoms with van der Waals surface area (Å²) in [5.74, 6) is -0.126. The van der Waals surface area contributed by atoms with Crippen LogP contribution in [-0.4, -0.2) is 27.5 Å². The van der Waals surface area contributed by atoms with Crippen LogP contribution < -0.4 is 14.2 Å². The van der Waals surface area contributed by atoms with Crippen molar-refractivity contribution in [2.75, 3.05) is 13.2 Å². The molecule has 1 aliphatic heterocycles. The second-order valence-electron chi connectivity index (χ2n) is 4.86. The van der Waals surface area contributed by atoms with E-state index in [-0.39, 0.29) is 20.5 Å². The second kappa shape index (κ2) is 6.51. The monoisotopic (exact) mass is 387 g/mol. The summed E-state index contributed by atoms with van der Waals surface area (Å²) in [6.07, 6.45) is 0. The third-order valence-electron chi connectivity index (χ3n) is 3.22. The Morgan fingerprint density at radius 2 is 1.71 bits per heavy atom. The fourth-order valence-corrected chi connectivity index (χ4v) is 3.46. The maximum absolute atomic E-state index is 12.4. The van der Waals surface area contributed by atoms with Gasteiger partial charge in [-0.1, -0.05) is 23.2 Å². The molecular weight excluding hydrogens is 377 g/mol. The molecule has 0 radical (unpaired) electrons. The van der Waals surface area contributed by atoms with Crippen molar-refractivity contribution in [1.29, 1.82) is 0 Å². The van der Waals surface area contributed by atoms with Gasteiger partial charge in [0.15, 0.2) is 11.5 Å². The fourth-order valence-electron chi connectivity index (χ4n) is 2.10. The number of sulfonamides is 1. The van der Waals surface area contributed by atoms with E-state index in [9.17, 15) is 13.2 Å². The van der Waals surface area contributed by atoms with Crippen molar-refractivity contribution in [1.82, 2.24) is 4.72 Å². The molecule has 0 aliphatic carbocycles. The van der Waals surface area contributed by atoms with E-state index < -0.39 is 15.9 Å². The molecule has 3 rings (SSSR count). The van der Waals surface area contributed by atoms with Gasteiger partial charge in [-0.2, -0.15) is 0 Å². The van der Waals surface area contributed by atoms with Crippen molar-refractivity contribution in [3.05, 3.63) is 52.0 Å². The molecule has 2 aromatic carbocycles. The van der Waals surface area contributed by atoms with Gasteiger partial charge in [0.2, 0.25) is 0 Å². The lowest BCUT2D eigenvalue weighted by Gasteiger charge is -2.19. The topological polar surface area (TPSA) is 81.7 Å². The van der Waals surface area contributed by atoms with Gasteiger partial charge >= 0.3 is 0 Å². The Bertz CT molecular complexity index is 914. The third kappa shape index (κ3) is 3.43. The van der Waals surface area contributed by atoms with Crippen LogP contribution in [0.4, 0.5) is 0 Å². The molecule has 1 heterocycles. The quantitative estimate of drug-likeness (QED) is 0.875. The van der Waals surface area contributed by atoms with Crippen molar-refractivity contribution in [2.45, 2.75) is 4.90 Å². The van der Waals surface area contributed by atoms with Gasteiger partial charge in [-0.15, -0.1) is 0 Å². The highest BCUT2D eigenvalue weighted by Crippen LogP contribution is 2.32. The van der Waals surface area contributed by atoms with E-state index in [0.717, 1.165) is 0 Å². The zero-order chi connectivity index (χ0) is 17.3. The predicted molar refractivity (Wildman–Crippen MR) is 88.5 cm³/mol. The molecule has 0 spiro atoms. The molecule has 24 heavy (non-hydrogen) atoms. The minimum Gasteiger partial charge on any atom is -0.486 e. The number of hydrogen-bond donors (Lipinski definition) is 1. The molecule has 0 bridgehead atoms. The van der Waals surface area contributed by atoms with E-state index in [1.54, 1.807) is 0 Å². The molecule has 6 nitrogen and oxygen atoms in total. The molecule has 0 saturated heterocycles. The number of carbonyl (C=O) groups excluding carboxylic acids is 1. The maximum Gasteiger partial charge on any atom is 0.266 e. The summed E-state index contributed by atoms with van der Waals surface area (Å²) >= 11 is 11.7. The predicted octanol–water partition coefficient (Wildman–Crippen LogP) is 2.88. The first-order chi connectivity index (χ1) is 11.4. The number of fused-ring (bicyclic) bond motifs is 1. The number of ether oxygens (including phenoxy) is 2. The van der Waals surface area contributed by atoms with Crippen LogP contribution in [0.25, 0.3) is 0 Å². The van der Waals surface area contributed by atoms with Gasteiger partial charge in [0.1, 0.15) is 13.2 Å². The molecule has 0 unspecified atom stereocenters. The van der Waals surface area contributed by atoms with Gasteiger partial charge in [0, 0.05) is 11.1 Å². The fraction of sp³-hybridized carbons (Fsp3) is 0.133. The standard InChI is InChI=1S/C15H11Cl2NO5S/c16-9-1-3-12(17)11(7-9)15(19)18-24(20,21)10-2-4-13-14(8-10)23-6-5-22-13/h1-4,7-8H,5-6H2,(H,18,19). The molecule has 2 aromatic rings. The van der Waals surface area contributed by atoms with Gasteiger partial charge in [-0.3, -0.25) is 4.79 Å². The first kappa shape index (κ1) is 16.9. The first-order valence-electron chi connectivity index (χ1n) is 6.79. The van der Waals surface area contributed by atoms with Crippen molar-refractivity contribution in [3.63, 3.8) is 0 Å². The van der Waals surface area contributed by atoms with E-state index >= 15 is 0 Å². The normalized spacial score (nSPS) is 13.4. The van der Waals surface area contributed by atoms with Crippen molar-refractivity contribution >= 4 is 39.1 Å². The average molecular weight is 388 g/mol. The zero-order valence-electron chi connectivity index (χ0n) is 12.1. The van der Waals surface area contributed by atoms with Crippen LogP contribution in [0.1, 0.15) is 10.4 Å². The number of benzene rings is 2. The molecule has 1 N–H and O–H groups in total. The summed E-state index contributed by atoms with van der Waals surface area (Å²) in [4.78, 5) is 12.1. The Hall–Kier alpha value is -1.96. The van der Waals surface area contributed by atoms with Crippen LogP contribution in [0.2, 0.25) is 10.0 Å². The Morgan fingerprint density at radius 3 is 2.46 bits per heavy atom. The lowest BCUT2D eigenvalue weighted by molar-refractivity contribution is 0.0981. The number of hydrogen-bond acceptors (Lipinski definition) is 5. The smallest absolute Gasteiger partial charge is 0.266 e. The molecule has 9 heteroatoms. The highest BCUT2D eigenvalue weighted by atomic mass is 35.5. The Labute approximate surface area is 148 Å². The average Bonchev–Trinajstić information content (AvgIpc) is 2.56. The molecule has 1 amide bonds. The molecular formula is C15H11Cl2NO5S. The minimum atomic E-state index is -4.11. The number of carbonyl (C=O) groups is 1. The summed E-state index contributed by atoms with van der Waals surface area (Å²) in [6, 6.07) is 8.29. The lowest BCUT2D eigenvalue weighted by Crippen LogP contribution is -2.31.